The van der Waals surface area contributed by atoms with Gasteiger partial charge in [0.1, 0.15) is 5.75 Å². The van der Waals surface area contributed by atoms with E-state index in [-0.39, 0.29) is 10.9 Å². The molecule has 1 atom stereocenters. The van der Waals surface area contributed by atoms with Crippen molar-refractivity contribution in [2.45, 2.75) is 30.7 Å². The van der Waals surface area contributed by atoms with Crippen LogP contribution in [-0.2, 0) is 10.0 Å². The highest BCUT2D eigenvalue weighted by Gasteiger charge is 2.32. The van der Waals surface area contributed by atoms with Gasteiger partial charge in [-0.2, -0.15) is 4.31 Å². The molecule has 1 aliphatic heterocycles. The van der Waals surface area contributed by atoms with Crippen molar-refractivity contribution in [2.75, 3.05) is 19.4 Å². The Morgan fingerprint density at radius 2 is 2.17 bits per heavy atom. The monoisotopic (exact) mass is 270 g/mol. The van der Waals surface area contributed by atoms with Gasteiger partial charge in [0.15, 0.2) is 0 Å². The third-order valence-electron chi connectivity index (χ3n) is 3.30. The number of anilines is 1. The van der Waals surface area contributed by atoms with Crippen LogP contribution in [0.2, 0.25) is 0 Å². The molecule has 2 rings (SSSR count). The molecule has 1 fully saturated rings. The minimum Gasteiger partial charge on any atom is -0.495 e. The lowest BCUT2D eigenvalue weighted by molar-refractivity contribution is 0.407. The number of ether oxygens (including phenoxy) is 1. The molecule has 0 aromatic heterocycles. The summed E-state index contributed by atoms with van der Waals surface area (Å²) in [4.78, 5) is 0.231. The molecule has 6 heteroatoms. The van der Waals surface area contributed by atoms with Crippen molar-refractivity contribution < 1.29 is 13.2 Å². The highest BCUT2D eigenvalue weighted by molar-refractivity contribution is 7.89. The van der Waals surface area contributed by atoms with E-state index in [1.54, 1.807) is 6.07 Å². The van der Waals surface area contributed by atoms with Crippen molar-refractivity contribution in [2.24, 2.45) is 0 Å². The molecule has 0 radical (unpaired) electrons. The molecule has 18 heavy (non-hydrogen) atoms. The molecule has 0 bridgehead atoms. The fraction of sp³-hybridized carbons (Fsp3) is 0.500. The highest BCUT2D eigenvalue weighted by Crippen LogP contribution is 2.29. The maximum atomic E-state index is 12.4. The molecule has 1 unspecified atom stereocenters. The summed E-state index contributed by atoms with van der Waals surface area (Å²) in [5.74, 6) is 0.489. The predicted octanol–water partition coefficient (Wildman–Crippen LogP) is 1.45. The molecule has 5 nitrogen and oxygen atoms in total. The quantitative estimate of drug-likeness (QED) is 0.844. The van der Waals surface area contributed by atoms with E-state index in [0.717, 1.165) is 12.8 Å². The maximum Gasteiger partial charge on any atom is 0.243 e. The Bertz CT molecular complexity index is 542. The van der Waals surface area contributed by atoms with E-state index >= 15 is 0 Å². The van der Waals surface area contributed by atoms with Gasteiger partial charge in [-0.1, -0.05) is 0 Å². The number of hydrogen-bond donors (Lipinski definition) is 1. The largest absolute Gasteiger partial charge is 0.495 e. The summed E-state index contributed by atoms with van der Waals surface area (Å²) in [5, 5.41) is 0. The number of hydrogen-bond acceptors (Lipinski definition) is 4. The molecule has 2 N–H and O–H groups in total. The van der Waals surface area contributed by atoms with Crippen LogP contribution in [0.15, 0.2) is 23.1 Å². The molecule has 0 spiro atoms. The Kier molecular flexibility index (Phi) is 3.49. The second kappa shape index (κ2) is 4.78. The van der Waals surface area contributed by atoms with Crippen LogP contribution < -0.4 is 10.5 Å². The van der Waals surface area contributed by atoms with Crippen molar-refractivity contribution in [3.63, 3.8) is 0 Å². The van der Waals surface area contributed by atoms with Gasteiger partial charge in [0.25, 0.3) is 0 Å². The summed E-state index contributed by atoms with van der Waals surface area (Å²) in [6, 6.07) is 4.64. The third kappa shape index (κ3) is 2.18. The van der Waals surface area contributed by atoms with Crippen LogP contribution in [-0.4, -0.2) is 32.4 Å². The number of sulfonamides is 1. The van der Waals surface area contributed by atoms with Crippen molar-refractivity contribution in [1.29, 1.82) is 0 Å². The Morgan fingerprint density at radius 1 is 1.44 bits per heavy atom. The van der Waals surface area contributed by atoms with Gasteiger partial charge in [0.05, 0.1) is 17.7 Å². The molecule has 1 aromatic carbocycles. The Balaban J connectivity index is 2.38. The Labute approximate surface area is 108 Å². The number of methoxy groups -OCH3 is 1. The van der Waals surface area contributed by atoms with Crippen molar-refractivity contribution in [1.82, 2.24) is 4.31 Å². The van der Waals surface area contributed by atoms with Gasteiger partial charge >= 0.3 is 0 Å². The first-order valence-electron chi connectivity index (χ1n) is 5.92. The zero-order valence-corrected chi connectivity index (χ0v) is 11.4. The molecule has 0 saturated carbocycles. The summed E-state index contributed by atoms with van der Waals surface area (Å²) in [6.45, 7) is 2.51. The van der Waals surface area contributed by atoms with E-state index < -0.39 is 10.0 Å². The lowest BCUT2D eigenvalue weighted by Crippen LogP contribution is -2.33. The van der Waals surface area contributed by atoms with Crippen LogP contribution in [0, 0.1) is 0 Å². The first-order chi connectivity index (χ1) is 8.46. The van der Waals surface area contributed by atoms with Crippen LogP contribution in [0.5, 0.6) is 5.75 Å². The van der Waals surface area contributed by atoms with E-state index in [0.29, 0.717) is 18.0 Å². The van der Waals surface area contributed by atoms with Gasteiger partial charge in [-0.3, -0.25) is 0 Å². The number of benzene rings is 1. The minimum absolute atomic E-state index is 0.0540. The normalized spacial score (nSPS) is 21.1. The van der Waals surface area contributed by atoms with E-state index in [2.05, 4.69) is 0 Å². The smallest absolute Gasteiger partial charge is 0.243 e. The Hall–Kier alpha value is -1.27. The molecule has 1 heterocycles. The lowest BCUT2D eigenvalue weighted by atomic mass is 10.3. The molecular formula is C12H18N2O3S. The van der Waals surface area contributed by atoms with Crippen LogP contribution in [0.25, 0.3) is 0 Å². The first-order valence-corrected chi connectivity index (χ1v) is 7.36. The average molecular weight is 270 g/mol. The zero-order valence-electron chi connectivity index (χ0n) is 10.6. The van der Waals surface area contributed by atoms with Crippen LogP contribution in [0.3, 0.4) is 0 Å². The maximum absolute atomic E-state index is 12.4. The second-order valence-corrected chi connectivity index (χ2v) is 6.40. The number of nitrogen functional groups attached to an aromatic ring is 1. The minimum atomic E-state index is -3.44. The van der Waals surface area contributed by atoms with E-state index in [9.17, 15) is 8.42 Å². The van der Waals surface area contributed by atoms with E-state index in [4.69, 9.17) is 10.5 Å². The van der Waals surface area contributed by atoms with Crippen molar-refractivity contribution >= 4 is 15.7 Å². The highest BCUT2D eigenvalue weighted by atomic mass is 32.2. The number of nitrogens with two attached hydrogens (primary N) is 1. The molecule has 0 amide bonds. The summed E-state index contributed by atoms with van der Waals surface area (Å²) in [5.41, 5.74) is 6.09. The van der Waals surface area contributed by atoms with Gasteiger partial charge in [-0.05, 0) is 38.0 Å². The van der Waals surface area contributed by atoms with Gasteiger partial charge in [0, 0.05) is 12.6 Å². The SMILES string of the molecule is COc1ccc(S(=O)(=O)N2CCCC2C)cc1N. The van der Waals surface area contributed by atoms with Gasteiger partial charge in [0.2, 0.25) is 10.0 Å². The molecule has 1 aromatic rings. The number of rotatable bonds is 3. The fourth-order valence-corrected chi connectivity index (χ4v) is 4.01. The van der Waals surface area contributed by atoms with Gasteiger partial charge < -0.3 is 10.5 Å². The second-order valence-electron chi connectivity index (χ2n) is 4.51. The van der Waals surface area contributed by atoms with Crippen molar-refractivity contribution in [3.05, 3.63) is 18.2 Å². The molecule has 0 aliphatic carbocycles. The van der Waals surface area contributed by atoms with E-state index in [1.165, 1.54) is 23.5 Å². The topological polar surface area (TPSA) is 72.6 Å². The summed E-state index contributed by atoms with van der Waals surface area (Å²) < 4.78 is 31.4. The van der Waals surface area contributed by atoms with Crippen molar-refractivity contribution in [3.8, 4) is 5.75 Å². The lowest BCUT2D eigenvalue weighted by Gasteiger charge is -2.21. The Morgan fingerprint density at radius 3 is 2.67 bits per heavy atom. The standard InChI is InChI=1S/C12H18N2O3S/c1-9-4-3-7-14(9)18(15,16)10-5-6-12(17-2)11(13)8-10/h5-6,8-9H,3-4,7,13H2,1-2H3. The number of nitrogens with zero attached hydrogens (tertiary/aromatic N) is 1. The third-order valence-corrected chi connectivity index (χ3v) is 5.31. The summed E-state index contributed by atoms with van der Waals surface area (Å²) in [7, 11) is -1.94. The first kappa shape index (κ1) is 13.2. The zero-order chi connectivity index (χ0) is 13.3. The molecular weight excluding hydrogens is 252 g/mol. The summed E-state index contributed by atoms with van der Waals surface area (Å²) in [6.07, 6.45) is 1.82. The molecule has 1 aliphatic rings. The van der Waals surface area contributed by atoms with Crippen LogP contribution >= 0.6 is 0 Å². The summed E-state index contributed by atoms with van der Waals surface area (Å²) >= 11 is 0. The van der Waals surface area contributed by atoms with E-state index in [1.807, 2.05) is 6.92 Å². The van der Waals surface area contributed by atoms with Gasteiger partial charge in [-0.15, -0.1) is 0 Å². The predicted molar refractivity (Wildman–Crippen MR) is 70.0 cm³/mol. The van der Waals surface area contributed by atoms with Crippen LogP contribution in [0.4, 0.5) is 5.69 Å². The van der Waals surface area contributed by atoms with Crippen LogP contribution in [0.1, 0.15) is 19.8 Å². The average Bonchev–Trinajstić information content (AvgIpc) is 2.76. The molecule has 1 saturated heterocycles. The fourth-order valence-electron chi connectivity index (χ4n) is 2.27. The molecule has 100 valence electrons. The van der Waals surface area contributed by atoms with Gasteiger partial charge in [-0.25, -0.2) is 8.42 Å².